The molecule has 0 bridgehead atoms. The van der Waals surface area contributed by atoms with Crippen LogP contribution in [0.15, 0.2) is 33.7 Å². The molecule has 0 aliphatic carbocycles. The van der Waals surface area contributed by atoms with Gasteiger partial charge in [-0.15, -0.1) is 0 Å². The lowest BCUT2D eigenvalue weighted by molar-refractivity contribution is 0.0646. The van der Waals surface area contributed by atoms with Gasteiger partial charge in [0, 0.05) is 24.8 Å². The molecule has 1 aliphatic heterocycles. The number of hydrogen-bond acceptors (Lipinski definition) is 5. The van der Waals surface area contributed by atoms with Crippen LogP contribution in [0.3, 0.4) is 0 Å². The fraction of sp³-hybridized carbons (Fsp3) is 0.474. The number of aromatic amines is 1. The Balaban J connectivity index is 1.66. The van der Waals surface area contributed by atoms with E-state index >= 15 is 0 Å². The molecule has 0 aromatic carbocycles. The van der Waals surface area contributed by atoms with E-state index in [1.165, 1.54) is 6.26 Å². The number of rotatable bonds is 5. The Morgan fingerprint density at radius 1 is 1.44 bits per heavy atom. The third kappa shape index (κ3) is 4.84. The number of carbonyl (C=O) groups is 2. The molecule has 0 saturated carbocycles. The number of nitrogens with one attached hydrogen (secondary N) is 2. The highest BCUT2D eigenvalue weighted by molar-refractivity contribution is 5.93. The molecular weight excluding hydrogens is 348 g/mol. The minimum absolute atomic E-state index is 0.101. The van der Waals surface area contributed by atoms with Gasteiger partial charge in [-0.25, -0.2) is 4.79 Å². The second-order valence-electron chi connectivity index (χ2n) is 7.24. The van der Waals surface area contributed by atoms with Crippen LogP contribution in [0.1, 0.15) is 53.4 Å². The molecule has 1 unspecified atom stereocenters. The molecule has 0 radical (unpaired) electrons. The van der Waals surface area contributed by atoms with Gasteiger partial charge in [-0.1, -0.05) is 13.8 Å². The van der Waals surface area contributed by atoms with Crippen molar-refractivity contribution in [3.05, 3.63) is 52.1 Å². The highest BCUT2D eigenvalue weighted by Gasteiger charge is 2.27. The zero-order valence-electron chi connectivity index (χ0n) is 15.5. The average molecular weight is 372 g/mol. The van der Waals surface area contributed by atoms with Crippen molar-refractivity contribution in [3.63, 3.8) is 0 Å². The first-order valence-corrected chi connectivity index (χ1v) is 9.16. The molecule has 2 N–H and O–H groups in total. The monoisotopic (exact) mass is 372 g/mol. The highest BCUT2D eigenvalue weighted by atomic mass is 16.3. The second-order valence-corrected chi connectivity index (χ2v) is 7.24. The first-order chi connectivity index (χ1) is 12.9. The molecule has 1 aliphatic rings. The van der Waals surface area contributed by atoms with Crippen LogP contribution in [-0.2, 0) is 6.42 Å². The Labute approximate surface area is 157 Å². The van der Waals surface area contributed by atoms with Crippen molar-refractivity contribution < 1.29 is 14.0 Å². The van der Waals surface area contributed by atoms with Crippen molar-refractivity contribution in [2.24, 2.45) is 5.92 Å². The van der Waals surface area contributed by atoms with Gasteiger partial charge < -0.3 is 19.6 Å². The third-order valence-electron chi connectivity index (χ3n) is 4.44. The number of H-pyrrole nitrogens is 1. The standard InChI is InChI=1S/C19H24N4O4/c1-12(2)9-14-10-15(22-19(26)21-14)17(24)20-13-5-3-7-23(11-13)18(25)16-6-4-8-27-16/h4,6,8,10,12-13H,3,5,7,9,11H2,1-2H3,(H,20,24)(H,21,22,26). The van der Waals surface area contributed by atoms with Crippen molar-refractivity contribution in [3.8, 4) is 0 Å². The zero-order valence-corrected chi connectivity index (χ0v) is 15.5. The number of aromatic nitrogens is 2. The Morgan fingerprint density at radius 2 is 2.26 bits per heavy atom. The van der Waals surface area contributed by atoms with Crippen molar-refractivity contribution in [1.29, 1.82) is 0 Å². The van der Waals surface area contributed by atoms with E-state index in [0.717, 1.165) is 12.8 Å². The van der Waals surface area contributed by atoms with Crippen LogP contribution in [-0.4, -0.2) is 45.8 Å². The van der Waals surface area contributed by atoms with Gasteiger partial charge in [-0.2, -0.15) is 4.98 Å². The quantitative estimate of drug-likeness (QED) is 0.829. The van der Waals surface area contributed by atoms with E-state index in [-0.39, 0.29) is 23.4 Å². The third-order valence-corrected chi connectivity index (χ3v) is 4.44. The van der Waals surface area contributed by atoms with Gasteiger partial charge in [0.05, 0.1) is 6.26 Å². The topological polar surface area (TPSA) is 108 Å². The van der Waals surface area contributed by atoms with Crippen molar-refractivity contribution in [2.45, 2.75) is 39.2 Å². The van der Waals surface area contributed by atoms with Gasteiger partial charge in [-0.3, -0.25) is 9.59 Å². The van der Waals surface area contributed by atoms with Crippen LogP contribution >= 0.6 is 0 Å². The number of furan rings is 1. The molecule has 0 spiro atoms. The van der Waals surface area contributed by atoms with E-state index in [1.54, 1.807) is 23.1 Å². The summed E-state index contributed by atoms with van der Waals surface area (Å²) in [4.78, 5) is 44.8. The molecule has 8 nitrogen and oxygen atoms in total. The normalized spacial score (nSPS) is 17.1. The Kier molecular flexibility index (Phi) is 5.73. The second kappa shape index (κ2) is 8.20. The number of likely N-dealkylation sites (tertiary alicyclic amines) is 1. The maximum atomic E-state index is 12.6. The number of carbonyl (C=O) groups excluding carboxylic acids is 2. The SMILES string of the molecule is CC(C)Cc1cc(C(=O)NC2CCCN(C(=O)c3ccco3)C2)nc(=O)[nH]1. The van der Waals surface area contributed by atoms with E-state index in [1.807, 2.05) is 13.8 Å². The summed E-state index contributed by atoms with van der Waals surface area (Å²) in [7, 11) is 0. The molecule has 144 valence electrons. The molecule has 3 heterocycles. The Morgan fingerprint density at radius 3 is 2.96 bits per heavy atom. The van der Waals surface area contributed by atoms with Gasteiger partial charge in [0.2, 0.25) is 0 Å². The van der Waals surface area contributed by atoms with Crippen molar-refractivity contribution >= 4 is 11.8 Å². The minimum atomic E-state index is -0.531. The van der Waals surface area contributed by atoms with Crippen LogP contribution in [0.25, 0.3) is 0 Å². The minimum Gasteiger partial charge on any atom is -0.459 e. The lowest BCUT2D eigenvalue weighted by Gasteiger charge is -2.32. The zero-order chi connectivity index (χ0) is 19.4. The number of nitrogens with zero attached hydrogens (tertiary/aromatic N) is 2. The summed E-state index contributed by atoms with van der Waals surface area (Å²) in [5.74, 6) is 0.0471. The van der Waals surface area contributed by atoms with Crippen molar-refractivity contribution in [1.82, 2.24) is 20.2 Å². The van der Waals surface area contributed by atoms with E-state index in [9.17, 15) is 14.4 Å². The highest BCUT2D eigenvalue weighted by Crippen LogP contribution is 2.15. The van der Waals surface area contributed by atoms with E-state index in [2.05, 4.69) is 15.3 Å². The maximum Gasteiger partial charge on any atom is 0.345 e. The molecule has 3 rings (SSSR count). The number of piperidine rings is 1. The Hall–Kier alpha value is -2.90. The molecule has 1 fully saturated rings. The van der Waals surface area contributed by atoms with Gasteiger partial charge >= 0.3 is 5.69 Å². The smallest absolute Gasteiger partial charge is 0.345 e. The van der Waals surface area contributed by atoms with E-state index in [0.29, 0.717) is 31.1 Å². The fourth-order valence-corrected chi connectivity index (χ4v) is 3.27. The Bertz CT molecular complexity index is 857. The summed E-state index contributed by atoms with van der Waals surface area (Å²) in [6, 6.07) is 4.72. The summed E-state index contributed by atoms with van der Waals surface area (Å²) in [5.41, 5.74) is 0.258. The molecule has 8 heteroatoms. The van der Waals surface area contributed by atoms with E-state index in [4.69, 9.17) is 4.42 Å². The largest absolute Gasteiger partial charge is 0.459 e. The van der Waals surface area contributed by atoms with Gasteiger partial charge in [0.25, 0.3) is 11.8 Å². The predicted molar refractivity (Wildman–Crippen MR) is 98.5 cm³/mol. The molecule has 1 saturated heterocycles. The summed E-state index contributed by atoms with van der Waals surface area (Å²) in [6.45, 7) is 5.08. The van der Waals surface area contributed by atoms with Gasteiger partial charge in [0.1, 0.15) is 5.69 Å². The molecule has 2 amide bonds. The van der Waals surface area contributed by atoms with Crippen LogP contribution < -0.4 is 11.0 Å². The summed E-state index contributed by atoms with van der Waals surface area (Å²) in [6.07, 6.45) is 3.66. The number of amides is 2. The summed E-state index contributed by atoms with van der Waals surface area (Å²) >= 11 is 0. The average Bonchev–Trinajstić information content (AvgIpc) is 3.15. The van der Waals surface area contributed by atoms with Crippen molar-refractivity contribution in [2.75, 3.05) is 13.1 Å². The van der Waals surface area contributed by atoms with Gasteiger partial charge in [-0.05, 0) is 43.4 Å². The molecular formula is C19H24N4O4. The maximum absolute atomic E-state index is 12.6. The van der Waals surface area contributed by atoms with Crippen LogP contribution in [0.4, 0.5) is 0 Å². The molecule has 2 aromatic rings. The molecule has 1 atom stereocenters. The first-order valence-electron chi connectivity index (χ1n) is 9.16. The van der Waals surface area contributed by atoms with Crippen LogP contribution in [0.2, 0.25) is 0 Å². The predicted octanol–water partition coefficient (Wildman–Crippen LogP) is 1.60. The van der Waals surface area contributed by atoms with E-state index < -0.39 is 11.6 Å². The van der Waals surface area contributed by atoms with Crippen LogP contribution in [0.5, 0.6) is 0 Å². The van der Waals surface area contributed by atoms with Gasteiger partial charge in [0.15, 0.2) is 5.76 Å². The number of hydrogen-bond donors (Lipinski definition) is 2. The lowest BCUT2D eigenvalue weighted by atomic mass is 10.0. The lowest BCUT2D eigenvalue weighted by Crippen LogP contribution is -2.49. The summed E-state index contributed by atoms with van der Waals surface area (Å²) in [5, 5.41) is 2.89. The molecule has 27 heavy (non-hydrogen) atoms. The molecule has 2 aromatic heterocycles. The van der Waals surface area contributed by atoms with Crippen LogP contribution in [0, 0.1) is 5.92 Å². The fourth-order valence-electron chi connectivity index (χ4n) is 3.27. The first kappa shape index (κ1) is 18.9. The summed E-state index contributed by atoms with van der Waals surface area (Å²) < 4.78 is 5.17.